The van der Waals surface area contributed by atoms with Crippen LogP contribution in [0.5, 0.6) is 17.2 Å². The fourth-order valence-electron chi connectivity index (χ4n) is 3.28. The number of ether oxygens (including phenoxy) is 3. The van der Waals surface area contributed by atoms with Gasteiger partial charge in [0.05, 0.1) is 31.6 Å². The van der Waals surface area contributed by atoms with Crippen molar-refractivity contribution in [3.05, 3.63) is 78.1 Å². The Balaban J connectivity index is 1.79. The summed E-state index contributed by atoms with van der Waals surface area (Å²) in [5.74, 6) is -0.316. The molecule has 0 amide bonds. The zero-order valence-electron chi connectivity index (χ0n) is 16.7. The molecule has 31 heavy (non-hydrogen) atoms. The second-order valence-corrected chi connectivity index (χ2v) is 6.64. The first-order chi connectivity index (χ1) is 15.0. The largest absolute Gasteiger partial charge is 0.497 e. The van der Waals surface area contributed by atoms with Crippen LogP contribution in [0.2, 0.25) is 0 Å². The van der Waals surface area contributed by atoms with E-state index in [1.54, 1.807) is 54.6 Å². The number of esters is 1. The van der Waals surface area contributed by atoms with Crippen LogP contribution in [0.4, 0.5) is 0 Å². The van der Waals surface area contributed by atoms with Gasteiger partial charge >= 0.3 is 11.9 Å². The van der Waals surface area contributed by atoms with Gasteiger partial charge in [-0.1, -0.05) is 0 Å². The molecule has 1 N–H and O–H groups in total. The van der Waals surface area contributed by atoms with Gasteiger partial charge in [0, 0.05) is 17.0 Å². The third kappa shape index (κ3) is 3.93. The maximum absolute atomic E-state index is 12.6. The van der Waals surface area contributed by atoms with Gasteiger partial charge in [-0.05, 0) is 60.2 Å². The maximum atomic E-state index is 12.6. The fraction of sp³-hybridized carbons (Fsp3) is 0.0833. The number of hydrogen-bond donors (Lipinski definition) is 1. The van der Waals surface area contributed by atoms with Crippen LogP contribution >= 0.6 is 0 Å². The van der Waals surface area contributed by atoms with E-state index in [4.69, 9.17) is 18.6 Å². The van der Waals surface area contributed by atoms with Crippen LogP contribution in [0.15, 0.2) is 71.3 Å². The van der Waals surface area contributed by atoms with Crippen LogP contribution in [-0.4, -0.2) is 31.3 Å². The molecule has 3 aromatic carbocycles. The van der Waals surface area contributed by atoms with Crippen LogP contribution in [0.25, 0.3) is 22.1 Å². The Morgan fingerprint density at radius 3 is 2.16 bits per heavy atom. The Bertz CT molecular complexity index is 1270. The SMILES string of the molecule is COc1ccc(C(=O)Oc2cc(-c3cc(OC)ccc3C(=O)O)c3ccoc3c2)cc1. The van der Waals surface area contributed by atoms with Gasteiger partial charge < -0.3 is 23.7 Å². The van der Waals surface area contributed by atoms with Crippen molar-refractivity contribution in [1.29, 1.82) is 0 Å². The molecule has 1 aromatic heterocycles. The molecule has 0 atom stereocenters. The molecule has 0 saturated carbocycles. The first-order valence-electron chi connectivity index (χ1n) is 9.29. The van der Waals surface area contributed by atoms with Crippen molar-refractivity contribution in [2.24, 2.45) is 0 Å². The van der Waals surface area contributed by atoms with Gasteiger partial charge in [-0.3, -0.25) is 0 Å². The highest BCUT2D eigenvalue weighted by atomic mass is 16.5. The third-order valence-corrected chi connectivity index (χ3v) is 4.83. The highest BCUT2D eigenvalue weighted by Gasteiger charge is 2.19. The second-order valence-electron chi connectivity index (χ2n) is 6.64. The van der Waals surface area contributed by atoms with E-state index in [0.29, 0.717) is 39.2 Å². The van der Waals surface area contributed by atoms with Crippen molar-refractivity contribution in [3.8, 4) is 28.4 Å². The summed E-state index contributed by atoms with van der Waals surface area (Å²) in [6.45, 7) is 0. The molecule has 4 rings (SSSR count). The van der Waals surface area contributed by atoms with E-state index in [2.05, 4.69) is 0 Å². The smallest absolute Gasteiger partial charge is 0.343 e. The van der Waals surface area contributed by atoms with Crippen molar-refractivity contribution in [2.75, 3.05) is 14.2 Å². The lowest BCUT2D eigenvalue weighted by Crippen LogP contribution is -2.08. The molecular formula is C24H18O7. The van der Waals surface area contributed by atoms with Crippen LogP contribution in [-0.2, 0) is 0 Å². The first-order valence-corrected chi connectivity index (χ1v) is 9.29. The lowest BCUT2D eigenvalue weighted by atomic mass is 9.96. The zero-order valence-corrected chi connectivity index (χ0v) is 16.7. The predicted octanol–water partition coefficient (Wildman–Crippen LogP) is 5.03. The molecule has 1 heterocycles. The number of furan rings is 1. The number of rotatable bonds is 6. The normalized spacial score (nSPS) is 10.6. The third-order valence-electron chi connectivity index (χ3n) is 4.83. The number of carboxylic acid groups (broad SMARTS) is 1. The van der Waals surface area contributed by atoms with Gasteiger partial charge in [-0.25, -0.2) is 9.59 Å². The molecule has 7 heteroatoms. The van der Waals surface area contributed by atoms with Gasteiger partial charge in [-0.2, -0.15) is 0 Å². The summed E-state index contributed by atoms with van der Waals surface area (Å²) in [5, 5.41) is 10.3. The quantitative estimate of drug-likeness (QED) is 0.346. The monoisotopic (exact) mass is 418 g/mol. The molecule has 0 spiro atoms. The highest BCUT2D eigenvalue weighted by Crippen LogP contribution is 2.37. The molecule has 0 aliphatic rings. The Morgan fingerprint density at radius 2 is 1.48 bits per heavy atom. The molecule has 0 aliphatic carbocycles. The molecule has 0 aliphatic heterocycles. The van der Waals surface area contributed by atoms with Crippen molar-refractivity contribution in [2.45, 2.75) is 0 Å². The first kappa shape index (κ1) is 20.0. The number of hydrogen-bond acceptors (Lipinski definition) is 6. The maximum Gasteiger partial charge on any atom is 0.343 e. The molecule has 0 unspecified atom stereocenters. The van der Waals surface area contributed by atoms with E-state index in [9.17, 15) is 14.7 Å². The topological polar surface area (TPSA) is 95.2 Å². The lowest BCUT2D eigenvalue weighted by molar-refractivity contribution is 0.0694. The average Bonchev–Trinajstić information content (AvgIpc) is 3.26. The van der Waals surface area contributed by atoms with E-state index in [1.807, 2.05) is 0 Å². The molecule has 156 valence electrons. The average molecular weight is 418 g/mol. The number of methoxy groups -OCH3 is 2. The molecular weight excluding hydrogens is 400 g/mol. The Labute approximate surface area is 177 Å². The van der Waals surface area contributed by atoms with Crippen molar-refractivity contribution < 1.29 is 33.3 Å². The predicted molar refractivity (Wildman–Crippen MR) is 113 cm³/mol. The highest BCUT2D eigenvalue weighted by molar-refractivity contribution is 6.03. The molecule has 0 radical (unpaired) electrons. The van der Waals surface area contributed by atoms with Crippen LogP contribution in [0.3, 0.4) is 0 Å². The number of carbonyl (C=O) groups excluding carboxylic acids is 1. The minimum Gasteiger partial charge on any atom is -0.497 e. The van der Waals surface area contributed by atoms with Crippen molar-refractivity contribution >= 4 is 22.9 Å². The number of carboxylic acids is 1. The Morgan fingerprint density at radius 1 is 0.806 bits per heavy atom. The molecule has 0 fully saturated rings. The van der Waals surface area contributed by atoms with Gasteiger partial charge in [0.2, 0.25) is 0 Å². The Kier molecular flexibility index (Phi) is 5.32. The van der Waals surface area contributed by atoms with E-state index in [0.717, 1.165) is 0 Å². The van der Waals surface area contributed by atoms with Crippen molar-refractivity contribution in [1.82, 2.24) is 0 Å². The summed E-state index contributed by atoms with van der Waals surface area (Å²) >= 11 is 0. The van der Waals surface area contributed by atoms with Crippen LogP contribution < -0.4 is 14.2 Å². The van der Waals surface area contributed by atoms with Crippen LogP contribution in [0, 0.1) is 0 Å². The summed E-state index contributed by atoms with van der Waals surface area (Å²) in [4.78, 5) is 24.4. The summed E-state index contributed by atoms with van der Waals surface area (Å²) in [7, 11) is 3.04. The van der Waals surface area contributed by atoms with Gasteiger partial charge in [0.1, 0.15) is 22.8 Å². The van der Waals surface area contributed by atoms with Gasteiger partial charge in [-0.15, -0.1) is 0 Å². The summed E-state index contributed by atoms with van der Waals surface area (Å²) in [6.07, 6.45) is 1.49. The number of fused-ring (bicyclic) bond motifs is 1. The van der Waals surface area contributed by atoms with Crippen molar-refractivity contribution in [3.63, 3.8) is 0 Å². The van der Waals surface area contributed by atoms with E-state index >= 15 is 0 Å². The number of aromatic carboxylic acids is 1. The van der Waals surface area contributed by atoms with E-state index in [1.165, 1.54) is 26.5 Å². The fourth-order valence-corrected chi connectivity index (χ4v) is 3.28. The minimum absolute atomic E-state index is 0.0851. The van der Waals surface area contributed by atoms with Gasteiger partial charge in [0.25, 0.3) is 0 Å². The summed E-state index contributed by atoms with van der Waals surface area (Å²) in [6, 6.07) is 16.1. The van der Waals surface area contributed by atoms with E-state index < -0.39 is 11.9 Å². The zero-order chi connectivity index (χ0) is 22.0. The number of carbonyl (C=O) groups is 2. The molecule has 7 nitrogen and oxygen atoms in total. The number of benzene rings is 3. The summed E-state index contributed by atoms with van der Waals surface area (Å²) < 4.78 is 21.4. The second kappa shape index (κ2) is 8.23. The minimum atomic E-state index is -1.09. The Hall–Kier alpha value is -4.26. The lowest BCUT2D eigenvalue weighted by Gasteiger charge is -2.12. The molecule has 0 bridgehead atoms. The molecule has 4 aromatic rings. The van der Waals surface area contributed by atoms with Crippen LogP contribution in [0.1, 0.15) is 20.7 Å². The van der Waals surface area contributed by atoms with E-state index in [-0.39, 0.29) is 11.3 Å². The van der Waals surface area contributed by atoms with Gasteiger partial charge in [0.15, 0.2) is 0 Å². The summed E-state index contributed by atoms with van der Waals surface area (Å²) in [5.41, 5.74) is 1.84. The standard InChI is InChI=1S/C24H18O7/c1-28-15-5-3-14(4-6-15)24(27)31-17-12-20(18-9-10-30-22(18)13-17)21-11-16(29-2)7-8-19(21)23(25)26/h3-13H,1-2H3,(H,25,26). The molecule has 0 saturated heterocycles.